The molecule has 0 spiro atoms. The first-order valence-electron chi connectivity index (χ1n) is 6.23. The fraction of sp³-hybridized carbons (Fsp3) is 0.357. The standard InChI is InChI=1S/C14H17NO4/c1-3-4-7-19-13-10-6-5-9(18-2)8-11(10)15-14(17)12(13)16/h5-6,8,16H,3-4,7H2,1-2H3,(H,15,17). The third kappa shape index (κ3) is 2.65. The van der Waals surface area contributed by atoms with Crippen molar-refractivity contribution in [1.82, 2.24) is 4.98 Å². The van der Waals surface area contributed by atoms with E-state index in [2.05, 4.69) is 4.98 Å². The molecule has 102 valence electrons. The third-order valence-corrected chi connectivity index (χ3v) is 2.89. The number of ether oxygens (including phenoxy) is 2. The first-order chi connectivity index (χ1) is 9.17. The highest BCUT2D eigenvalue weighted by molar-refractivity contribution is 5.88. The van der Waals surface area contributed by atoms with E-state index in [0.29, 0.717) is 23.3 Å². The van der Waals surface area contributed by atoms with E-state index in [-0.39, 0.29) is 11.5 Å². The van der Waals surface area contributed by atoms with Crippen molar-refractivity contribution in [2.75, 3.05) is 13.7 Å². The fourth-order valence-electron chi connectivity index (χ4n) is 1.83. The van der Waals surface area contributed by atoms with Gasteiger partial charge in [-0.3, -0.25) is 4.79 Å². The molecule has 0 aliphatic rings. The van der Waals surface area contributed by atoms with Gasteiger partial charge in [0.2, 0.25) is 5.75 Å². The Morgan fingerprint density at radius 2 is 2.16 bits per heavy atom. The molecule has 2 aromatic rings. The smallest absolute Gasteiger partial charge is 0.294 e. The Bertz CT molecular complexity index is 633. The molecule has 5 nitrogen and oxygen atoms in total. The minimum atomic E-state index is -0.563. The summed E-state index contributed by atoms with van der Waals surface area (Å²) in [7, 11) is 1.55. The first kappa shape index (κ1) is 13.3. The highest BCUT2D eigenvalue weighted by Gasteiger charge is 2.13. The molecule has 0 radical (unpaired) electrons. The zero-order valence-corrected chi connectivity index (χ0v) is 11.0. The fourth-order valence-corrected chi connectivity index (χ4v) is 1.83. The van der Waals surface area contributed by atoms with E-state index < -0.39 is 5.56 Å². The summed E-state index contributed by atoms with van der Waals surface area (Å²) in [6.07, 6.45) is 1.85. The van der Waals surface area contributed by atoms with Gasteiger partial charge in [-0.1, -0.05) is 13.3 Å². The minimum Gasteiger partial charge on any atom is -0.500 e. The van der Waals surface area contributed by atoms with E-state index in [4.69, 9.17) is 9.47 Å². The highest BCUT2D eigenvalue weighted by atomic mass is 16.5. The molecule has 0 bridgehead atoms. The lowest BCUT2D eigenvalue weighted by Gasteiger charge is -2.11. The normalized spacial score (nSPS) is 10.6. The van der Waals surface area contributed by atoms with Crippen LogP contribution in [0.25, 0.3) is 10.9 Å². The van der Waals surface area contributed by atoms with Gasteiger partial charge in [-0.2, -0.15) is 0 Å². The number of aromatic hydroxyl groups is 1. The van der Waals surface area contributed by atoms with Gasteiger partial charge >= 0.3 is 0 Å². The van der Waals surface area contributed by atoms with Crippen LogP contribution in [0.4, 0.5) is 0 Å². The summed E-state index contributed by atoms with van der Waals surface area (Å²) in [5.41, 5.74) is 0.0147. The van der Waals surface area contributed by atoms with Gasteiger partial charge in [-0.15, -0.1) is 0 Å². The average Bonchev–Trinajstić information content (AvgIpc) is 2.42. The molecule has 0 unspecified atom stereocenters. The van der Waals surface area contributed by atoms with Gasteiger partial charge in [-0.05, 0) is 18.6 Å². The van der Waals surface area contributed by atoms with Gasteiger partial charge in [0, 0.05) is 11.5 Å². The zero-order chi connectivity index (χ0) is 13.8. The molecule has 0 aliphatic carbocycles. The SMILES string of the molecule is CCCCOc1c(O)c(=O)[nH]c2cc(OC)ccc12. The average molecular weight is 263 g/mol. The summed E-state index contributed by atoms with van der Waals surface area (Å²) in [5, 5.41) is 10.5. The number of hydrogen-bond donors (Lipinski definition) is 2. The molecule has 0 amide bonds. The van der Waals surface area contributed by atoms with Crippen molar-refractivity contribution in [2.45, 2.75) is 19.8 Å². The molecule has 2 rings (SSSR count). The Labute approximate surface area is 110 Å². The topological polar surface area (TPSA) is 71.5 Å². The van der Waals surface area contributed by atoms with Gasteiger partial charge < -0.3 is 19.6 Å². The molecule has 1 aromatic carbocycles. The van der Waals surface area contributed by atoms with Gasteiger partial charge in [0.1, 0.15) is 5.75 Å². The van der Waals surface area contributed by atoms with Crippen molar-refractivity contribution in [2.24, 2.45) is 0 Å². The Kier molecular flexibility index (Phi) is 3.94. The molecule has 0 aliphatic heterocycles. The first-order valence-corrected chi connectivity index (χ1v) is 6.23. The van der Waals surface area contributed by atoms with E-state index in [1.807, 2.05) is 6.92 Å². The predicted molar refractivity (Wildman–Crippen MR) is 73.2 cm³/mol. The second-order valence-corrected chi connectivity index (χ2v) is 4.25. The van der Waals surface area contributed by atoms with Gasteiger partial charge in [0.15, 0.2) is 5.75 Å². The molecule has 0 saturated heterocycles. The summed E-state index contributed by atoms with van der Waals surface area (Å²) in [5.74, 6) is 0.483. The number of H-pyrrole nitrogens is 1. The number of aromatic nitrogens is 1. The van der Waals surface area contributed by atoms with Crippen LogP contribution in [-0.4, -0.2) is 23.8 Å². The molecular weight excluding hydrogens is 246 g/mol. The van der Waals surface area contributed by atoms with Crippen LogP contribution in [0.1, 0.15) is 19.8 Å². The largest absolute Gasteiger partial charge is 0.500 e. The van der Waals surface area contributed by atoms with Crippen LogP contribution in [-0.2, 0) is 0 Å². The van der Waals surface area contributed by atoms with Crippen LogP contribution >= 0.6 is 0 Å². The summed E-state index contributed by atoms with van der Waals surface area (Å²) in [6.45, 7) is 2.51. The maximum Gasteiger partial charge on any atom is 0.294 e. The van der Waals surface area contributed by atoms with E-state index in [1.165, 1.54) is 0 Å². The van der Waals surface area contributed by atoms with Crippen LogP contribution in [0.15, 0.2) is 23.0 Å². The van der Waals surface area contributed by atoms with Gasteiger partial charge in [0.05, 0.1) is 19.2 Å². The molecule has 0 atom stereocenters. The Balaban J connectivity index is 2.52. The molecule has 19 heavy (non-hydrogen) atoms. The number of pyridine rings is 1. The van der Waals surface area contributed by atoms with Crippen LogP contribution in [0.5, 0.6) is 17.2 Å². The van der Waals surface area contributed by atoms with Crippen molar-refractivity contribution in [3.63, 3.8) is 0 Å². The van der Waals surface area contributed by atoms with Crippen LogP contribution in [0.2, 0.25) is 0 Å². The van der Waals surface area contributed by atoms with E-state index in [0.717, 1.165) is 12.8 Å². The number of aromatic amines is 1. The third-order valence-electron chi connectivity index (χ3n) is 2.89. The van der Waals surface area contributed by atoms with E-state index in [1.54, 1.807) is 25.3 Å². The minimum absolute atomic E-state index is 0.231. The molecule has 5 heteroatoms. The molecule has 1 heterocycles. The number of rotatable bonds is 5. The quantitative estimate of drug-likeness (QED) is 0.813. The van der Waals surface area contributed by atoms with Crippen molar-refractivity contribution in [3.05, 3.63) is 28.6 Å². The summed E-state index contributed by atoms with van der Waals surface area (Å²) in [6, 6.07) is 5.21. The van der Waals surface area contributed by atoms with Gasteiger partial charge in [0.25, 0.3) is 5.56 Å². The number of unbranched alkanes of at least 4 members (excludes halogenated alkanes) is 1. The van der Waals surface area contributed by atoms with Crippen LogP contribution in [0.3, 0.4) is 0 Å². The Morgan fingerprint density at radius 3 is 2.84 bits per heavy atom. The maximum atomic E-state index is 11.7. The zero-order valence-electron chi connectivity index (χ0n) is 11.0. The highest BCUT2D eigenvalue weighted by Crippen LogP contribution is 2.32. The molecule has 1 aromatic heterocycles. The molecule has 2 N–H and O–H groups in total. The lowest BCUT2D eigenvalue weighted by Crippen LogP contribution is -2.09. The molecule has 0 saturated carbocycles. The van der Waals surface area contributed by atoms with Crippen LogP contribution < -0.4 is 15.0 Å². The van der Waals surface area contributed by atoms with Crippen molar-refractivity contribution >= 4 is 10.9 Å². The monoisotopic (exact) mass is 263 g/mol. The van der Waals surface area contributed by atoms with Crippen molar-refractivity contribution in [3.8, 4) is 17.2 Å². The van der Waals surface area contributed by atoms with E-state index in [9.17, 15) is 9.90 Å². The van der Waals surface area contributed by atoms with E-state index >= 15 is 0 Å². The summed E-state index contributed by atoms with van der Waals surface area (Å²) >= 11 is 0. The van der Waals surface area contributed by atoms with Crippen LogP contribution in [0, 0.1) is 0 Å². The number of benzene rings is 1. The lowest BCUT2D eigenvalue weighted by molar-refractivity contribution is 0.295. The number of fused-ring (bicyclic) bond motifs is 1. The van der Waals surface area contributed by atoms with Crippen molar-refractivity contribution < 1.29 is 14.6 Å². The lowest BCUT2D eigenvalue weighted by atomic mass is 10.2. The Hall–Kier alpha value is -2.17. The second kappa shape index (κ2) is 5.65. The molecule has 0 fully saturated rings. The van der Waals surface area contributed by atoms with Crippen molar-refractivity contribution in [1.29, 1.82) is 0 Å². The number of hydrogen-bond acceptors (Lipinski definition) is 4. The predicted octanol–water partition coefficient (Wildman–Crippen LogP) is 2.42. The number of nitrogens with one attached hydrogen (secondary N) is 1. The summed E-state index contributed by atoms with van der Waals surface area (Å²) in [4.78, 5) is 14.3. The molecular formula is C14H17NO4. The Morgan fingerprint density at radius 1 is 1.37 bits per heavy atom. The second-order valence-electron chi connectivity index (χ2n) is 4.25. The van der Waals surface area contributed by atoms with Gasteiger partial charge in [-0.25, -0.2) is 0 Å². The summed E-state index contributed by atoms with van der Waals surface area (Å²) < 4.78 is 10.6. The maximum absolute atomic E-state index is 11.7. The number of methoxy groups -OCH3 is 1.